The monoisotopic (exact) mass is 456 g/mol. The Hall–Kier alpha value is -2.62. The number of nitrogens with zero attached hydrogens (tertiary/aromatic N) is 8. The molecule has 2 saturated heterocycles. The Balaban J connectivity index is 1.14. The summed E-state index contributed by atoms with van der Waals surface area (Å²) in [6.07, 6.45) is 2.75. The molecule has 0 radical (unpaired) electrons. The van der Waals surface area contributed by atoms with Gasteiger partial charge >= 0.3 is 0 Å². The zero-order valence-corrected chi connectivity index (χ0v) is 18.8. The number of benzene rings is 1. The molecule has 2 aliphatic rings. The van der Waals surface area contributed by atoms with Gasteiger partial charge in [0.25, 0.3) is 5.95 Å². The van der Waals surface area contributed by atoms with Crippen molar-refractivity contribution in [2.24, 2.45) is 0 Å². The number of halogens is 2. The molecule has 0 unspecified atom stereocenters. The average molecular weight is 457 g/mol. The molecule has 2 fully saturated rings. The van der Waals surface area contributed by atoms with Crippen molar-refractivity contribution in [3.63, 3.8) is 0 Å². The highest BCUT2D eigenvalue weighted by molar-refractivity contribution is 6.17. The fraction of sp³-hybridized carbons (Fsp3) is 0.455. The summed E-state index contributed by atoms with van der Waals surface area (Å²) in [6.45, 7) is 8.15. The van der Waals surface area contributed by atoms with Gasteiger partial charge in [0.1, 0.15) is 12.2 Å². The lowest BCUT2D eigenvalue weighted by molar-refractivity contribution is 0.0255. The number of anilines is 1. The van der Waals surface area contributed by atoms with E-state index in [1.165, 1.54) is 16.4 Å². The van der Waals surface area contributed by atoms with Crippen LogP contribution in [-0.4, -0.2) is 79.8 Å². The van der Waals surface area contributed by atoms with Gasteiger partial charge in [-0.1, -0.05) is 24.3 Å². The van der Waals surface area contributed by atoms with Gasteiger partial charge in [-0.2, -0.15) is 9.67 Å². The number of alkyl halides is 1. The SMILES string of the molecule is Cc1ncn(-c2ncc(F)c(N3CCN(C4CN(Cc5ccc(CCl)cc5)C4)CC3)n2)n1. The molecule has 168 valence electrons. The van der Waals surface area contributed by atoms with E-state index in [1.54, 1.807) is 13.3 Å². The fourth-order valence-corrected chi connectivity index (χ4v) is 4.50. The highest BCUT2D eigenvalue weighted by atomic mass is 35.5. The molecule has 32 heavy (non-hydrogen) atoms. The molecule has 0 amide bonds. The highest BCUT2D eigenvalue weighted by Gasteiger charge is 2.34. The van der Waals surface area contributed by atoms with E-state index >= 15 is 0 Å². The number of hydrogen-bond donors (Lipinski definition) is 0. The quantitative estimate of drug-likeness (QED) is 0.527. The van der Waals surface area contributed by atoms with E-state index in [0.29, 0.717) is 29.5 Å². The van der Waals surface area contributed by atoms with E-state index < -0.39 is 5.82 Å². The molecular weight excluding hydrogens is 431 g/mol. The summed E-state index contributed by atoms with van der Waals surface area (Å²) in [4.78, 5) is 19.5. The predicted molar refractivity (Wildman–Crippen MR) is 120 cm³/mol. The van der Waals surface area contributed by atoms with Gasteiger partial charge in [-0.15, -0.1) is 16.7 Å². The molecule has 8 nitrogen and oxygen atoms in total. The van der Waals surface area contributed by atoms with Gasteiger partial charge in [0, 0.05) is 57.7 Å². The summed E-state index contributed by atoms with van der Waals surface area (Å²) >= 11 is 5.87. The van der Waals surface area contributed by atoms with Crippen LogP contribution >= 0.6 is 11.6 Å². The van der Waals surface area contributed by atoms with Crippen molar-refractivity contribution in [3.05, 3.63) is 59.6 Å². The van der Waals surface area contributed by atoms with E-state index in [-0.39, 0.29) is 0 Å². The molecule has 1 aromatic carbocycles. The maximum absolute atomic E-state index is 14.5. The van der Waals surface area contributed by atoms with Crippen LogP contribution in [0, 0.1) is 12.7 Å². The number of aromatic nitrogens is 5. The summed E-state index contributed by atoms with van der Waals surface area (Å²) in [5.74, 6) is 1.43. The Morgan fingerprint density at radius 2 is 1.75 bits per heavy atom. The van der Waals surface area contributed by atoms with Crippen LogP contribution in [0.1, 0.15) is 17.0 Å². The smallest absolute Gasteiger partial charge is 0.254 e. The summed E-state index contributed by atoms with van der Waals surface area (Å²) in [6, 6.07) is 9.08. The minimum absolute atomic E-state index is 0.332. The molecule has 0 atom stereocenters. The maximum Gasteiger partial charge on any atom is 0.254 e. The first-order valence-electron chi connectivity index (χ1n) is 10.9. The van der Waals surface area contributed by atoms with Crippen molar-refractivity contribution in [3.8, 4) is 5.95 Å². The van der Waals surface area contributed by atoms with E-state index in [2.05, 4.69) is 54.1 Å². The van der Waals surface area contributed by atoms with Gasteiger partial charge in [0.15, 0.2) is 11.6 Å². The van der Waals surface area contributed by atoms with Crippen molar-refractivity contribution >= 4 is 17.4 Å². The second-order valence-corrected chi connectivity index (χ2v) is 8.67. The summed E-state index contributed by atoms with van der Waals surface area (Å²) in [5, 5.41) is 4.22. The molecule has 10 heteroatoms. The van der Waals surface area contributed by atoms with Gasteiger partial charge in [-0.3, -0.25) is 9.80 Å². The van der Waals surface area contributed by atoms with Crippen LogP contribution in [0.15, 0.2) is 36.8 Å². The highest BCUT2D eigenvalue weighted by Crippen LogP contribution is 2.23. The van der Waals surface area contributed by atoms with Gasteiger partial charge in [-0.05, 0) is 18.1 Å². The normalized spacial score (nSPS) is 18.2. The average Bonchev–Trinajstić information content (AvgIpc) is 3.23. The predicted octanol–water partition coefficient (Wildman–Crippen LogP) is 2.25. The van der Waals surface area contributed by atoms with Crippen LogP contribution in [0.25, 0.3) is 5.95 Å². The van der Waals surface area contributed by atoms with Crippen LogP contribution in [0.3, 0.4) is 0 Å². The molecule has 0 N–H and O–H groups in total. The van der Waals surface area contributed by atoms with Gasteiger partial charge < -0.3 is 4.90 Å². The minimum Gasteiger partial charge on any atom is -0.351 e. The standard InChI is InChI=1S/C22H26ClFN8/c1-16-26-15-32(28-16)22-25-11-20(24)21(27-22)31-8-6-30(7-9-31)19-13-29(14-19)12-18-4-2-17(10-23)3-5-18/h2-5,11,15,19H,6-10,12-14H2,1H3. The Bertz CT molecular complexity index is 1060. The Labute approximate surface area is 191 Å². The molecule has 0 spiro atoms. The second-order valence-electron chi connectivity index (χ2n) is 8.40. The molecule has 5 rings (SSSR count). The summed E-state index contributed by atoms with van der Waals surface area (Å²) < 4.78 is 15.9. The third-order valence-corrected chi connectivity index (χ3v) is 6.48. The molecular formula is C22H26ClFN8. The molecule has 0 aliphatic carbocycles. The molecule has 0 saturated carbocycles. The molecule has 2 aromatic heterocycles. The first-order valence-corrected chi connectivity index (χ1v) is 11.4. The lowest BCUT2D eigenvalue weighted by Gasteiger charge is -2.48. The van der Waals surface area contributed by atoms with Crippen molar-refractivity contribution in [2.45, 2.75) is 25.4 Å². The van der Waals surface area contributed by atoms with Gasteiger partial charge in [-0.25, -0.2) is 14.4 Å². The Morgan fingerprint density at radius 1 is 1.03 bits per heavy atom. The zero-order valence-electron chi connectivity index (χ0n) is 18.0. The van der Waals surface area contributed by atoms with Crippen LogP contribution in [-0.2, 0) is 12.4 Å². The third-order valence-electron chi connectivity index (χ3n) is 6.18. The fourth-order valence-electron chi connectivity index (χ4n) is 4.32. The topological polar surface area (TPSA) is 66.2 Å². The number of likely N-dealkylation sites (tertiary alicyclic amines) is 1. The van der Waals surface area contributed by atoms with Crippen LogP contribution in [0.2, 0.25) is 0 Å². The first-order chi connectivity index (χ1) is 15.6. The summed E-state index contributed by atoms with van der Waals surface area (Å²) in [7, 11) is 0. The van der Waals surface area contributed by atoms with Crippen LogP contribution < -0.4 is 4.90 Å². The van der Waals surface area contributed by atoms with Gasteiger partial charge in [0.2, 0.25) is 0 Å². The molecule has 4 heterocycles. The van der Waals surface area contributed by atoms with E-state index in [9.17, 15) is 4.39 Å². The third kappa shape index (κ3) is 4.46. The van der Waals surface area contributed by atoms with E-state index in [0.717, 1.165) is 51.4 Å². The van der Waals surface area contributed by atoms with Crippen LogP contribution in [0.5, 0.6) is 0 Å². The number of hydrogen-bond acceptors (Lipinski definition) is 7. The Morgan fingerprint density at radius 3 is 2.41 bits per heavy atom. The number of rotatable bonds is 6. The van der Waals surface area contributed by atoms with Crippen molar-refractivity contribution < 1.29 is 4.39 Å². The minimum atomic E-state index is -0.408. The zero-order chi connectivity index (χ0) is 22.1. The lowest BCUT2D eigenvalue weighted by Crippen LogP contribution is -2.62. The Kier molecular flexibility index (Phi) is 6.03. The number of piperazine rings is 1. The summed E-state index contributed by atoms with van der Waals surface area (Å²) in [5.41, 5.74) is 2.47. The van der Waals surface area contributed by atoms with Crippen LogP contribution in [0.4, 0.5) is 10.2 Å². The maximum atomic E-state index is 14.5. The molecule has 0 bridgehead atoms. The van der Waals surface area contributed by atoms with Crippen molar-refractivity contribution in [1.82, 2.24) is 34.5 Å². The molecule has 3 aromatic rings. The van der Waals surface area contributed by atoms with Crippen molar-refractivity contribution in [1.29, 1.82) is 0 Å². The van der Waals surface area contributed by atoms with Gasteiger partial charge in [0.05, 0.1) is 6.20 Å². The molecule has 2 aliphatic heterocycles. The second kappa shape index (κ2) is 9.09. The largest absolute Gasteiger partial charge is 0.351 e. The van der Waals surface area contributed by atoms with E-state index in [4.69, 9.17) is 11.6 Å². The van der Waals surface area contributed by atoms with Crippen molar-refractivity contribution in [2.75, 3.05) is 44.2 Å². The number of aryl methyl sites for hydroxylation is 1. The lowest BCUT2D eigenvalue weighted by atomic mass is 10.0. The van der Waals surface area contributed by atoms with E-state index in [1.807, 2.05) is 4.90 Å². The first kappa shape index (κ1) is 21.2.